The molecule has 1 fully saturated rings. The highest BCUT2D eigenvalue weighted by molar-refractivity contribution is 5.48. The first-order valence-corrected chi connectivity index (χ1v) is 6.96. The maximum absolute atomic E-state index is 9.56. The van der Waals surface area contributed by atoms with Crippen molar-refractivity contribution in [1.29, 1.82) is 0 Å². The van der Waals surface area contributed by atoms with Crippen molar-refractivity contribution in [3.05, 3.63) is 42.0 Å². The summed E-state index contributed by atoms with van der Waals surface area (Å²) in [6, 6.07) is 10.3. The Morgan fingerprint density at radius 1 is 1.21 bits per heavy atom. The monoisotopic (exact) mass is 261 g/mol. The summed E-state index contributed by atoms with van der Waals surface area (Å²) in [6.07, 6.45) is 6.13. The van der Waals surface area contributed by atoms with Gasteiger partial charge >= 0.3 is 0 Å². The van der Waals surface area contributed by atoms with Gasteiger partial charge in [-0.05, 0) is 18.4 Å². The zero-order chi connectivity index (χ0) is 13.4. The maximum atomic E-state index is 9.56. The molecule has 2 N–H and O–H groups in total. The highest BCUT2D eigenvalue weighted by atomic mass is 16.5. The third kappa shape index (κ3) is 4.46. The Balaban J connectivity index is 1.72. The predicted octanol–water partition coefficient (Wildman–Crippen LogP) is 2.08. The molecule has 1 aliphatic rings. The summed E-state index contributed by atoms with van der Waals surface area (Å²) in [7, 11) is 0. The van der Waals surface area contributed by atoms with E-state index in [1.54, 1.807) is 0 Å². The molecule has 0 amide bonds. The second-order valence-corrected chi connectivity index (χ2v) is 5.21. The van der Waals surface area contributed by atoms with Gasteiger partial charge in [-0.25, -0.2) is 0 Å². The third-order valence-corrected chi connectivity index (χ3v) is 3.76. The molecule has 2 rings (SSSR count). The van der Waals surface area contributed by atoms with Crippen LogP contribution in [-0.2, 0) is 4.74 Å². The zero-order valence-corrected chi connectivity index (χ0v) is 11.3. The van der Waals surface area contributed by atoms with Gasteiger partial charge in [-0.2, -0.15) is 0 Å². The molecule has 0 atom stereocenters. The SMILES string of the molecule is OCC1(CNC/C=C/c2ccccc2)CCOCC1. The van der Waals surface area contributed by atoms with Crippen LogP contribution in [0.2, 0.25) is 0 Å². The molecule has 0 radical (unpaired) electrons. The van der Waals surface area contributed by atoms with E-state index in [0.717, 1.165) is 39.1 Å². The summed E-state index contributed by atoms with van der Waals surface area (Å²) >= 11 is 0. The van der Waals surface area contributed by atoms with Gasteiger partial charge < -0.3 is 15.2 Å². The fourth-order valence-electron chi connectivity index (χ4n) is 2.38. The summed E-state index contributed by atoms with van der Waals surface area (Å²) in [5.74, 6) is 0. The van der Waals surface area contributed by atoms with Gasteiger partial charge in [-0.1, -0.05) is 42.5 Å². The van der Waals surface area contributed by atoms with Crippen LogP contribution in [0.5, 0.6) is 0 Å². The number of nitrogens with one attached hydrogen (secondary N) is 1. The topological polar surface area (TPSA) is 41.5 Å². The lowest BCUT2D eigenvalue weighted by atomic mass is 9.81. The van der Waals surface area contributed by atoms with E-state index in [4.69, 9.17) is 4.74 Å². The minimum atomic E-state index is 0.0127. The summed E-state index contributed by atoms with van der Waals surface area (Å²) in [6.45, 7) is 3.46. The summed E-state index contributed by atoms with van der Waals surface area (Å²) in [5, 5.41) is 13.0. The van der Waals surface area contributed by atoms with E-state index in [-0.39, 0.29) is 12.0 Å². The lowest BCUT2D eigenvalue weighted by Crippen LogP contribution is -2.41. The summed E-state index contributed by atoms with van der Waals surface area (Å²) < 4.78 is 5.36. The molecule has 3 nitrogen and oxygen atoms in total. The van der Waals surface area contributed by atoms with Gasteiger partial charge in [0.25, 0.3) is 0 Å². The van der Waals surface area contributed by atoms with Crippen molar-refractivity contribution in [2.24, 2.45) is 5.41 Å². The van der Waals surface area contributed by atoms with E-state index in [0.29, 0.717) is 0 Å². The lowest BCUT2D eigenvalue weighted by Gasteiger charge is -2.35. The van der Waals surface area contributed by atoms with E-state index >= 15 is 0 Å². The minimum Gasteiger partial charge on any atom is -0.396 e. The van der Waals surface area contributed by atoms with E-state index in [9.17, 15) is 5.11 Å². The van der Waals surface area contributed by atoms with Crippen molar-refractivity contribution in [1.82, 2.24) is 5.32 Å². The van der Waals surface area contributed by atoms with Crippen LogP contribution in [0.3, 0.4) is 0 Å². The molecule has 0 unspecified atom stereocenters. The van der Waals surface area contributed by atoms with Crippen LogP contribution < -0.4 is 5.32 Å². The number of benzene rings is 1. The van der Waals surface area contributed by atoms with Gasteiger partial charge in [-0.15, -0.1) is 0 Å². The molecule has 19 heavy (non-hydrogen) atoms. The number of ether oxygens (including phenoxy) is 1. The van der Waals surface area contributed by atoms with Crippen molar-refractivity contribution in [3.63, 3.8) is 0 Å². The van der Waals surface area contributed by atoms with Crippen molar-refractivity contribution in [3.8, 4) is 0 Å². The first-order valence-electron chi connectivity index (χ1n) is 6.96. The van der Waals surface area contributed by atoms with Crippen LogP contribution in [0.25, 0.3) is 6.08 Å². The molecule has 1 aromatic carbocycles. The van der Waals surface area contributed by atoms with Crippen LogP contribution in [0.4, 0.5) is 0 Å². The Morgan fingerprint density at radius 3 is 2.63 bits per heavy atom. The smallest absolute Gasteiger partial charge is 0.0501 e. The standard InChI is InChI=1S/C16H23NO2/c18-14-16(8-11-19-12-9-16)13-17-10-4-7-15-5-2-1-3-6-15/h1-7,17-18H,8-14H2/b7-4+. The van der Waals surface area contributed by atoms with E-state index in [1.807, 2.05) is 18.2 Å². The lowest BCUT2D eigenvalue weighted by molar-refractivity contribution is -0.0148. The van der Waals surface area contributed by atoms with Crippen LogP contribution >= 0.6 is 0 Å². The molecular weight excluding hydrogens is 238 g/mol. The number of hydrogen-bond donors (Lipinski definition) is 2. The molecule has 0 aromatic heterocycles. The third-order valence-electron chi connectivity index (χ3n) is 3.76. The van der Waals surface area contributed by atoms with Crippen LogP contribution in [0, 0.1) is 5.41 Å². The fraction of sp³-hybridized carbons (Fsp3) is 0.500. The van der Waals surface area contributed by atoms with Crippen molar-refractivity contribution >= 4 is 6.08 Å². The first-order chi connectivity index (χ1) is 9.35. The molecule has 0 spiro atoms. The Labute approximate surface area is 115 Å². The molecule has 104 valence electrons. The molecule has 1 aliphatic heterocycles. The average molecular weight is 261 g/mol. The Morgan fingerprint density at radius 2 is 1.95 bits per heavy atom. The molecule has 0 aliphatic carbocycles. The largest absolute Gasteiger partial charge is 0.396 e. The van der Waals surface area contributed by atoms with Crippen LogP contribution in [0.15, 0.2) is 36.4 Å². The maximum Gasteiger partial charge on any atom is 0.0501 e. The first kappa shape index (κ1) is 14.3. The average Bonchev–Trinajstić information content (AvgIpc) is 2.49. The Hall–Kier alpha value is -1.16. The van der Waals surface area contributed by atoms with E-state index in [2.05, 4.69) is 29.6 Å². The molecule has 0 saturated carbocycles. The van der Waals surface area contributed by atoms with Crippen molar-refractivity contribution in [2.45, 2.75) is 12.8 Å². The normalized spacial score (nSPS) is 18.8. The van der Waals surface area contributed by atoms with Gasteiger partial charge in [0.2, 0.25) is 0 Å². The van der Waals surface area contributed by atoms with Gasteiger partial charge in [-0.3, -0.25) is 0 Å². The minimum absolute atomic E-state index is 0.0127. The van der Waals surface area contributed by atoms with Crippen LogP contribution in [-0.4, -0.2) is 38.0 Å². The van der Waals surface area contributed by atoms with Crippen molar-refractivity contribution in [2.75, 3.05) is 32.9 Å². The van der Waals surface area contributed by atoms with Gasteiger partial charge in [0.15, 0.2) is 0 Å². The molecule has 3 heteroatoms. The highest BCUT2D eigenvalue weighted by Gasteiger charge is 2.31. The van der Waals surface area contributed by atoms with E-state index < -0.39 is 0 Å². The highest BCUT2D eigenvalue weighted by Crippen LogP contribution is 2.28. The number of aliphatic hydroxyl groups is 1. The van der Waals surface area contributed by atoms with E-state index in [1.165, 1.54) is 5.56 Å². The van der Waals surface area contributed by atoms with Crippen molar-refractivity contribution < 1.29 is 9.84 Å². The second kappa shape index (κ2) is 7.43. The second-order valence-electron chi connectivity index (χ2n) is 5.21. The number of hydrogen-bond acceptors (Lipinski definition) is 3. The molecule has 1 heterocycles. The summed E-state index contributed by atoms with van der Waals surface area (Å²) in [4.78, 5) is 0. The van der Waals surface area contributed by atoms with Gasteiger partial charge in [0, 0.05) is 31.7 Å². The van der Waals surface area contributed by atoms with Gasteiger partial charge in [0.05, 0.1) is 6.61 Å². The Bertz CT molecular complexity index is 383. The molecule has 1 saturated heterocycles. The summed E-state index contributed by atoms with van der Waals surface area (Å²) in [5.41, 5.74) is 1.23. The predicted molar refractivity (Wildman–Crippen MR) is 77.9 cm³/mol. The molecule has 0 bridgehead atoms. The quantitative estimate of drug-likeness (QED) is 0.770. The number of rotatable bonds is 6. The Kier molecular flexibility index (Phi) is 5.58. The molecular formula is C16H23NO2. The zero-order valence-electron chi connectivity index (χ0n) is 11.3. The van der Waals surface area contributed by atoms with Crippen LogP contribution in [0.1, 0.15) is 18.4 Å². The van der Waals surface area contributed by atoms with Gasteiger partial charge in [0.1, 0.15) is 0 Å². The number of aliphatic hydroxyl groups excluding tert-OH is 1. The fourth-order valence-corrected chi connectivity index (χ4v) is 2.38. The molecule has 1 aromatic rings.